The summed E-state index contributed by atoms with van der Waals surface area (Å²) in [4.78, 5) is 26.7. The Morgan fingerprint density at radius 3 is 2.47 bits per heavy atom. The first-order valence-corrected chi connectivity index (χ1v) is 11.9. The summed E-state index contributed by atoms with van der Waals surface area (Å²) in [5.74, 6) is -4.60. The average molecular weight is 484 g/mol. The van der Waals surface area contributed by atoms with E-state index < -0.39 is 58.3 Å². The number of alkyl halides is 2. The normalized spacial score (nSPS) is 21.9. The molecule has 1 fully saturated rings. The molecule has 0 saturated heterocycles. The molecular weight excluding hydrogens is 464 g/mol. The Bertz CT molecular complexity index is 1180. The van der Waals surface area contributed by atoms with E-state index in [1.807, 2.05) is 0 Å². The number of nitrogens with two attached hydrogens (primary N) is 1. The van der Waals surface area contributed by atoms with Crippen LogP contribution in [0.1, 0.15) is 28.8 Å². The zero-order valence-corrected chi connectivity index (χ0v) is 18.3. The minimum atomic E-state index is -3.91. The fraction of sp³-hybridized carbons (Fsp3) is 0.333. The van der Waals surface area contributed by atoms with E-state index in [1.54, 1.807) is 24.3 Å². The summed E-state index contributed by atoms with van der Waals surface area (Å²) in [6.07, 6.45) is -0.901. The lowest BCUT2D eigenvalue weighted by molar-refractivity contribution is -0.119. The van der Waals surface area contributed by atoms with Crippen LogP contribution in [0.25, 0.3) is 0 Å². The molecule has 1 atom stereocenters. The average Bonchev–Trinajstić information content (AvgIpc) is 2.76. The molecule has 2 aromatic rings. The topological polar surface area (TPSA) is 110 Å². The molecular formula is C21H20ClF2N3O4S. The molecule has 0 aromatic heterocycles. The summed E-state index contributed by atoms with van der Waals surface area (Å²) in [5.41, 5.74) is 6.62. The Hall–Kier alpha value is -2.56. The Kier molecular flexibility index (Phi) is 5.72. The Morgan fingerprint density at radius 2 is 1.84 bits per heavy atom. The first-order valence-electron chi connectivity index (χ1n) is 9.82. The molecule has 32 heavy (non-hydrogen) atoms. The lowest BCUT2D eigenvalue weighted by Crippen LogP contribution is -2.50. The minimum absolute atomic E-state index is 0.00609. The van der Waals surface area contributed by atoms with Gasteiger partial charge in [-0.15, -0.1) is 0 Å². The standard InChI is InChI=1S/C21H20ClF2N3O4S/c22-14-4-1-12(2-5-14)10-27-17-7-13(19(28)26-15-8-21(23,24)9-15)3-6-18(17)32(30,31)11-16(25)20(27)29/h1-7,15-16H,8-11,25H2,(H,26,28)/t16-/m0/s1. The van der Waals surface area contributed by atoms with Crippen molar-refractivity contribution in [3.8, 4) is 0 Å². The molecule has 7 nitrogen and oxygen atoms in total. The van der Waals surface area contributed by atoms with Crippen molar-refractivity contribution < 1.29 is 26.8 Å². The number of fused-ring (bicyclic) bond motifs is 1. The molecule has 0 unspecified atom stereocenters. The van der Waals surface area contributed by atoms with Crippen LogP contribution in [0.15, 0.2) is 47.4 Å². The number of hydrogen-bond acceptors (Lipinski definition) is 5. The number of nitrogens with zero attached hydrogens (tertiary/aromatic N) is 1. The first-order chi connectivity index (χ1) is 14.9. The molecule has 0 spiro atoms. The minimum Gasteiger partial charge on any atom is -0.349 e. The predicted molar refractivity (Wildman–Crippen MR) is 115 cm³/mol. The lowest BCUT2D eigenvalue weighted by atomic mass is 9.88. The summed E-state index contributed by atoms with van der Waals surface area (Å²) < 4.78 is 51.8. The van der Waals surface area contributed by atoms with Crippen molar-refractivity contribution in [2.75, 3.05) is 10.7 Å². The third kappa shape index (κ3) is 4.48. The summed E-state index contributed by atoms with van der Waals surface area (Å²) >= 11 is 5.91. The van der Waals surface area contributed by atoms with Gasteiger partial charge in [0.2, 0.25) is 5.91 Å². The van der Waals surface area contributed by atoms with Gasteiger partial charge in [0.05, 0.1) is 28.9 Å². The smallest absolute Gasteiger partial charge is 0.252 e. The molecule has 2 aromatic carbocycles. The number of amides is 2. The van der Waals surface area contributed by atoms with Gasteiger partial charge in [-0.1, -0.05) is 23.7 Å². The summed E-state index contributed by atoms with van der Waals surface area (Å²) in [5, 5.41) is 3.01. The second-order valence-corrected chi connectivity index (χ2v) is 10.5. The molecule has 2 aliphatic rings. The maximum Gasteiger partial charge on any atom is 0.252 e. The second-order valence-electron chi connectivity index (χ2n) is 8.06. The van der Waals surface area contributed by atoms with Crippen molar-refractivity contribution in [2.24, 2.45) is 5.73 Å². The third-order valence-corrected chi connectivity index (χ3v) is 7.57. The van der Waals surface area contributed by atoms with Gasteiger partial charge in [-0.25, -0.2) is 17.2 Å². The molecule has 1 aliphatic carbocycles. The van der Waals surface area contributed by atoms with Crippen molar-refractivity contribution >= 4 is 38.9 Å². The second kappa shape index (κ2) is 8.09. The van der Waals surface area contributed by atoms with Gasteiger partial charge >= 0.3 is 0 Å². The molecule has 0 bridgehead atoms. The molecule has 1 heterocycles. The SMILES string of the molecule is N[C@H]1CS(=O)(=O)c2ccc(C(=O)NC3CC(F)(F)C3)cc2N(Cc2ccc(Cl)cc2)C1=O. The molecule has 170 valence electrons. The third-order valence-electron chi connectivity index (χ3n) is 5.51. The van der Waals surface area contributed by atoms with E-state index in [1.165, 1.54) is 23.1 Å². The van der Waals surface area contributed by atoms with Crippen molar-refractivity contribution in [2.45, 2.75) is 42.3 Å². The van der Waals surface area contributed by atoms with Crippen LogP contribution in [0.2, 0.25) is 5.02 Å². The van der Waals surface area contributed by atoms with Gasteiger partial charge in [-0.3, -0.25) is 9.59 Å². The van der Waals surface area contributed by atoms with Gasteiger partial charge in [0.25, 0.3) is 11.8 Å². The summed E-state index contributed by atoms with van der Waals surface area (Å²) in [6, 6.07) is 8.52. The highest BCUT2D eigenvalue weighted by molar-refractivity contribution is 7.91. The molecule has 1 saturated carbocycles. The Balaban J connectivity index is 1.71. The van der Waals surface area contributed by atoms with Crippen LogP contribution in [0.5, 0.6) is 0 Å². The summed E-state index contributed by atoms with van der Waals surface area (Å²) in [6.45, 7) is 0.00609. The van der Waals surface area contributed by atoms with Gasteiger partial charge < -0.3 is 16.0 Å². The van der Waals surface area contributed by atoms with E-state index in [4.69, 9.17) is 17.3 Å². The quantitative estimate of drug-likeness (QED) is 0.694. The molecule has 0 radical (unpaired) electrons. The van der Waals surface area contributed by atoms with Crippen molar-refractivity contribution in [3.05, 3.63) is 58.6 Å². The number of carbonyl (C=O) groups is 2. The highest BCUT2D eigenvalue weighted by Crippen LogP contribution is 2.38. The summed E-state index contributed by atoms with van der Waals surface area (Å²) in [7, 11) is -3.91. The van der Waals surface area contributed by atoms with E-state index in [2.05, 4.69) is 5.32 Å². The number of nitrogens with one attached hydrogen (secondary N) is 1. The number of benzene rings is 2. The number of halogens is 3. The van der Waals surface area contributed by atoms with E-state index in [-0.39, 0.29) is 22.7 Å². The van der Waals surface area contributed by atoms with E-state index in [0.29, 0.717) is 10.6 Å². The van der Waals surface area contributed by atoms with E-state index in [9.17, 15) is 26.8 Å². The van der Waals surface area contributed by atoms with Gasteiger partial charge in [0.15, 0.2) is 9.84 Å². The van der Waals surface area contributed by atoms with Crippen molar-refractivity contribution in [1.82, 2.24) is 5.32 Å². The number of anilines is 1. The zero-order valence-electron chi connectivity index (χ0n) is 16.7. The van der Waals surface area contributed by atoms with Crippen LogP contribution in [-0.2, 0) is 21.2 Å². The fourth-order valence-corrected chi connectivity index (χ4v) is 5.50. The van der Waals surface area contributed by atoms with Crippen LogP contribution in [0.3, 0.4) is 0 Å². The Morgan fingerprint density at radius 1 is 1.19 bits per heavy atom. The monoisotopic (exact) mass is 483 g/mol. The lowest BCUT2D eigenvalue weighted by Gasteiger charge is -2.35. The molecule has 3 N–H and O–H groups in total. The number of sulfone groups is 1. The zero-order chi connectivity index (χ0) is 23.3. The fourth-order valence-electron chi connectivity index (χ4n) is 3.82. The van der Waals surface area contributed by atoms with Gasteiger partial charge in [0.1, 0.15) is 0 Å². The maximum absolute atomic E-state index is 13.1. The van der Waals surface area contributed by atoms with Gasteiger partial charge in [-0.05, 0) is 35.9 Å². The molecule has 4 rings (SSSR count). The van der Waals surface area contributed by atoms with Crippen molar-refractivity contribution in [1.29, 1.82) is 0 Å². The van der Waals surface area contributed by atoms with Gasteiger partial charge in [-0.2, -0.15) is 0 Å². The molecule has 1 aliphatic heterocycles. The largest absolute Gasteiger partial charge is 0.349 e. The van der Waals surface area contributed by atoms with Crippen LogP contribution in [0.4, 0.5) is 14.5 Å². The maximum atomic E-state index is 13.1. The van der Waals surface area contributed by atoms with Crippen LogP contribution >= 0.6 is 11.6 Å². The highest BCUT2D eigenvalue weighted by Gasteiger charge is 2.46. The molecule has 11 heteroatoms. The van der Waals surface area contributed by atoms with Crippen LogP contribution in [0, 0.1) is 0 Å². The number of rotatable bonds is 4. The number of hydrogen-bond donors (Lipinski definition) is 2. The predicted octanol–water partition coefficient (Wildman–Crippen LogP) is 2.52. The van der Waals surface area contributed by atoms with Crippen LogP contribution < -0.4 is 16.0 Å². The highest BCUT2D eigenvalue weighted by atomic mass is 35.5. The van der Waals surface area contributed by atoms with Crippen molar-refractivity contribution in [3.63, 3.8) is 0 Å². The van der Waals surface area contributed by atoms with E-state index in [0.717, 1.165) is 0 Å². The number of carbonyl (C=O) groups excluding carboxylic acids is 2. The Labute approximate surface area is 188 Å². The first kappa shape index (κ1) is 22.6. The van der Waals surface area contributed by atoms with E-state index >= 15 is 0 Å². The molecule has 2 amide bonds. The van der Waals surface area contributed by atoms with Crippen LogP contribution in [-0.4, -0.2) is 44.0 Å². The van der Waals surface area contributed by atoms with Gasteiger partial charge in [0, 0.05) is 29.5 Å².